The van der Waals surface area contributed by atoms with Crippen LogP contribution in [0.2, 0.25) is 0 Å². The van der Waals surface area contributed by atoms with Crippen LogP contribution in [0.15, 0.2) is 30.6 Å². The van der Waals surface area contributed by atoms with Gasteiger partial charge in [-0.05, 0) is 17.7 Å². The van der Waals surface area contributed by atoms with Crippen LogP contribution >= 0.6 is 15.9 Å². The molecule has 0 bridgehead atoms. The fourth-order valence-corrected chi connectivity index (χ4v) is 2.42. The number of hydrogen-bond acceptors (Lipinski definition) is 2. The van der Waals surface area contributed by atoms with E-state index in [0.717, 1.165) is 0 Å². The van der Waals surface area contributed by atoms with Gasteiger partial charge >= 0.3 is 6.18 Å². The fraction of sp³-hybridized carbons (Fsp3) is 0.357. The Morgan fingerprint density at radius 1 is 1.33 bits per heavy atom. The Labute approximate surface area is 129 Å². The van der Waals surface area contributed by atoms with Gasteiger partial charge in [0, 0.05) is 37.5 Å². The van der Waals surface area contributed by atoms with Crippen LogP contribution in [0.1, 0.15) is 17.0 Å². The van der Waals surface area contributed by atoms with E-state index in [0.29, 0.717) is 23.3 Å². The molecule has 2 aromatic rings. The molecule has 0 amide bonds. The molecule has 0 unspecified atom stereocenters. The number of aryl methyl sites for hydroxylation is 1. The number of imidazole rings is 1. The van der Waals surface area contributed by atoms with Gasteiger partial charge in [0.1, 0.15) is 5.82 Å². The normalized spacial score (nSPS) is 11.7. The van der Waals surface area contributed by atoms with Crippen molar-refractivity contribution in [3.8, 4) is 0 Å². The molecule has 0 aliphatic heterocycles. The van der Waals surface area contributed by atoms with Crippen molar-refractivity contribution >= 4 is 21.6 Å². The van der Waals surface area contributed by atoms with E-state index in [1.165, 1.54) is 12.1 Å². The topological polar surface area (TPSA) is 21.1 Å². The van der Waals surface area contributed by atoms with Gasteiger partial charge in [0.15, 0.2) is 0 Å². The number of anilines is 1. The van der Waals surface area contributed by atoms with Crippen molar-refractivity contribution in [2.45, 2.75) is 18.1 Å². The molecule has 0 atom stereocenters. The SMILES string of the molecule is CN(Cc1nccn1C)c1ccc(CBr)cc1C(F)(F)F. The van der Waals surface area contributed by atoms with Crippen LogP contribution < -0.4 is 4.90 Å². The summed E-state index contributed by atoms with van der Waals surface area (Å²) < 4.78 is 41.4. The number of rotatable bonds is 4. The molecule has 0 aliphatic rings. The Bertz CT molecular complexity index is 622. The van der Waals surface area contributed by atoms with Crippen molar-refractivity contribution in [1.29, 1.82) is 0 Å². The molecule has 1 aromatic carbocycles. The van der Waals surface area contributed by atoms with E-state index in [4.69, 9.17) is 0 Å². The highest BCUT2D eigenvalue weighted by Gasteiger charge is 2.34. The van der Waals surface area contributed by atoms with Crippen molar-refractivity contribution in [3.63, 3.8) is 0 Å². The van der Waals surface area contributed by atoms with E-state index < -0.39 is 11.7 Å². The molecule has 0 saturated carbocycles. The average Bonchev–Trinajstić information content (AvgIpc) is 2.82. The highest BCUT2D eigenvalue weighted by molar-refractivity contribution is 9.08. The fourth-order valence-electron chi connectivity index (χ4n) is 2.07. The predicted octanol–water partition coefficient (Wildman–Crippen LogP) is 3.97. The number of hydrogen-bond donors (Lipinski definition) is 0. The summed E-state index contributed by atoms with van der Waals surface area (Å²) in [6, 6.07) is 4.37. The largest absolute Gasteiger partial charge is 0.418 e. The average molecular weight is 362 g/mol. The molecule has 0 spiro atoms. The maximum absolute atomic E-state index is 13.2. The Kier molecular flexibility index (Phi) is 4.61. The number of aromatic nitrogens is 2. The highest BCUT2D eigenvalue weighted by Crippen LogP contribution is 2.37. The smallest absolute Gasteiger partial charge is 0.367 e. The van der Waals surface area contributed by atoms with E-state index in [2.05, 4.69) is 20.9 Å². The van der Waals surface area contributed by atoms with Crippen LogP contribution in [-0.4, -0.2) is 16.6 Å². The first-order valence-corrected chi connectivity index (χ1v) is 7.38. The molecule has 7 heteroatoms. The van der Waals surface area contributed by atoms with Gasteiger partial charge in [-0.2, -0.15) is 13.2 Å². The number of alkyl halides is 4. The summed E-state index contributed by atoms with van der Waals surface area (Å²) in [5, 5.41) is 0.388. The zero-order valence-electron chi connectivity index (χ0n) is 11.7. The zero-order valence-corrected chi connectivity index (χ0v) is 13.2. The molecular weight excluding hydrogens is 347 g/mol. The summed E-state index contributed by atoms with van der Waals surface area (Å²) in [7, 11) is 3.45. The summed E-state index contributed by atoms with van der Waals surface area (Å²) in [4.78, 5) is 5.70. The Morgan fingerprint density at radius 2 is 2.05 bits per heavy atom. The second-order valence-corrected chi connectivity index (χ2v) is 5.35. The summed E-state index contributed by atoms with van der Waals surface area (Å²) in [6.07, 6.45) is -0.993. The Balaban J connectivity index is 2.36. The first-order valence-electron chi connectivity index (χ1n) is 6.26. The number of halogens is 4. The highest BCUT2D eigenvalue weighted by atomic mass is 79.9. The van der Waals surface area contributed by atoms with Crippen LogP contribution in [-0.2, 0) is 25.1 Å². The molecule has 3 nitrogen and oxygen atoms in total. The molecule has 21 heavy (non-hydrogen) atoms. The molecule has 2 rings (SSSR count). The lowest BCUT2D eigenvalue weighted by atomic mass is 10.1. The second kappa shape index (κ2) is 6.09. The van der Waals surface area contributed by atoms with Crippen molar-refractivity contribution < 1.29 is 13.2 Å². The molecule has 0 fully saturated rings. The maximum atomic E-state index is 13.2. The third-order valence-corrected chi connectivity index (χ3v) is 3.88. The summed E-state index contributed by atoms with van der Waals surface area (Å²) in [6.45, 7) is 0.306. The van der Waals surface area contributed by atoms with Gasteiger partial charge in [-0.1, -0.05) is 22.0 Å². The zero-order chi connectivity index (χ0) is 15.6. The molecule has 0 saturated heterocycles. The molecule has 1 heterocycles. The number of nitrogens with zero attached hydrogens (tertiary/aromatic N) is 3. The van der Waals surface area contributed by atoms with Crippen LogP contribution in [0.5, 0.6) is 0 Å². The van der Waals surface area contributed by atoms with Crippen molar-refractivity contribution in [3.05, 3.63) is 47.5 Å². The van der Waals surface area contributed by atoms with E-state index in [-0.39, 0.29) is 5.69 Å². The summed E-state index contributed by atoms with van der Waals surface area (Å²) in [5.74, 6) is 0.704. The second-order valence-electron chi connectivity index (χ2n) is 4.79. The maximum Gasteiger partial charge on any atom is 0.418 e. The van der Waals surface area contributed by atoms with Crippen LogP contribution in [0.3, 0.4) is 0 Å². The van der Waals surface area contributed by atoms with Gasteiger partial charge < -0.3 is 9.47 Å². The molecular formula is C14H15BrF3N3. The molecule has 114 valence electrons. The van der Waals surface area contributed by atoms with Gasteiger partial charge in [-0.15, -0.1) is 0 Å². The van der Waals surface area contributed by atoms with E-state index in [9.17, 15) is 13.2 Å². The minimum atomic E-state index is -4.39. The van der Waals surface area contributed by atoms with Crippen LogP contribution in [0.25, 0.3) is 0 Å². The number of benzene rings is 1. The van der Waals surface area contributed by atoms with Gasteiger partial charge in [0.2, 0.25) is 0 Å². The third-order valence-electron chi connectivity index (χ3n) is 3.23. The minimum absolute atomic E-state index is 0.148. The van der Waals surface area contributed by atoms with E-state index in [1.54, 1.807) is 35.0 Å². The molecule has 0 radical (unpaired) electrons. The van der Waals surface area contributed by atoms with Crippen molar-refractivity contribution in [1.82, 2.24) is 9.55 Å². The van der Waals surface area contributed by atoms with E-state index >= 15 is 0 Å². The Morgan fingerprint density at radius 3 is 2.57 bits per heavy atom. The first-order chi connectivity index (χ1) is 9.82. The molecule has 0 N–H and O–H groups in total. The standard InChI is InChI=1S/C14H15BrF3N3/c1-20-6-5-19-13(20)9-21(2)12-4-3-10(8-15)7-11(12)14(16,17)18/h3-7H,8-9H2,1-2H3. The van der Waals surface area contributed by atoms with Crippen molar-refractivity contribution in [2.75, 3.05) is 11.9 Å². The third kappa shape index (κ3) is 3.58. The lowest BCUT2D eigenvalue weighted by Crippen LogP contribution is -2.22. The van der Waals surface area contributed by atoms with Crippen LogP contribution in [0.4, 0.5) is 18.9 Å². The molecule has 0 aliphatic carbocycles. The van der Waals surface area contributed by atoms with Crippen molar-refractivity contribution in [2.24, 2.45) is 7.05 Å². The van der Waals surface area contributed by atoms with Gasteiger partial charge in [-0.25, -0.2) is 4.98 Å². The first kappa shape index (κ1) is 15.9. The quantitative estimate of drug-likeness (QED) is 0.768. The lowest BCUT2D eigenvalue weighted by molar-refractivity contribution is -0.137. The van der Waals surface area contributed by atoms with Gasteiger partial charge in [-0.3, -0.25) is 0 Å². The summed E-state index contributed by atoms with van der Waals surface area (Å²) >= 11 is 3.18. The van der Waals surface area contributed by atoms with Gasteiger partial charge in [0.25, 0.3) is 0 Å². The Hall–Kier alpha value is -1.50. The minimum Gasteiger partial charge on any atom is -0.367 e. The monoisotopic (exact) mass is 361 g/mol. The van der Waals surface area contributed by atoms with E-state index in [1.807, 2.05) is 7.05 Å². The van der Waals surface area contributed by atoms with Gasteiger partial charge in [0.05, 0.1) is 12.1 Å². The lowest BCUT2D eigenvalue weighted by Gasteiger charge is -2.23. The molecule has 1 aromatic heterocycles. The predicted molar refractivity (Wildman–Crippen MR) is 79.4 cm³/mol. The summed E-state index contributed by atoms with van der Waals surface area (Å²) in [5.41, 5.74) is 0.114. The van der Waals surface area contributed by atoms with Crippen LogP contribution in [0, 0.1) is 0 Å².